The minimum absolute atomic E-state index is 0.525. The number of para-hydroxylation sites is 1. The minimum Gasteiger partial charge on any atom is -0.389 e. The van der Waals surface area contributed by atoms with Crippen molar-refractivity contribution in [1.82, 2.24) is 9.88 Å². The molecule has 0 saturated carbocycles. The summed E-state index contributed by atoms with van der Waals surface area (Å²) >= 11 is 0. The number of aliphatic hydroxyl groups is 2. The molecular weight excluding hydrogens is 240 g/mol. The van der Waals surface area contributed by atoms with Gasteiger partial charge in [-0.25, -0.2) is 0 Å². The van der Waals surface area contributed by atoms with Crippen LogP contribution < -0.4 is 0 Å². The zero-order valence-electron chi connectivity index (χ0n) is 11.0. The summed E-state index contributed by atoms with van der Waals surface area (Å²) in [5.74, 6) is 0. The number of hydrogen-bond acceptors (Lipinski definition) is 4. The summed E-state index contributed by atoms with van der Waals surface area (Å²) in [6.07, 6.45) is -1.26. The third-order valence-electron chi connectivity index (χ3n) is 3.66. The van der Waals surface area contributed by atoms with Crippen molar-refractivity contribution in [1.29, 1.82) is 0 Å². The first-order chi connectivity index (χ1) is 9.13. The van der Waals surface area contributed by atoms with Gasteiger partial charge in [0.15, 0.2) is 0 Å². The highest BCUT2D eigenvalue weighted by Gasteiger charge is 2.29. The van der Waals surface area contributed by atoms with Gasteiger partial charge in [-0.3, -0.25) is 9.88 Å². The zero-order valence-corrected chi connectivity index (χ0v) is 11.0. The molecule has 0 aliphatic carbocycles. The molecule has 1 aliphatic rings. The van der Waals surface area contributed by atoms with E-state index in [-0.39, 0.29) is 0 Å². The highest BCUT2D eigenvalue weighted by molar-refractivity contribution is 5.82. The fourth-order valence-corrected chi connectivity index (χ4v) is 2.74. The van der Waals surface area contributed by atoms with Crippen molar-refractivity contribution in [3.05, 3.63) is 41.6 Å². The topological polar surface area (TPSA) is 56.6 Å². The smallest absolute Gasteiger partial charge is 0.0938 e. The van der Waals surface area contributed by atoms with Crippen molar-refractivity contribution < 1.29 is 10.2 Å². The molecule has 0 bridgehead atoms. The van der Waals surface area contributed by atoms with Crippen LogP contribution >= 0.6 is 0 Å². The van der Waals surface area contributed by atoms with E-state index < -0.39 is 12.2 Å². The Bertz CT molecular complexity index is 590. The third kappa shape index (κ3) is 2.47. The van der Waals surface area contributed by atoms with Gasteiger partial charge in [0.25, 0.3) is 0 Å². The predicted molar refractivity (Wildman–Crippen MR) is 73.8 cm³/mol. The Morgan fingerprint density at radius 1 is 1.21 bits per heavy atom. The summed E-state index contributed by atoms with van der Waals surface area (Å²) < 4.78 is 0. The highest BCUT2D eigenvalue weighted by Crippen LogP contribution is 2.21. The molecule has 1 fully saturated rings. The Balaban J connectivity index is 1.92. The number of aromatic nitrogens is 1. The van der Waals surface area contributed by atoms with Gasteiger partial charge in [0.2, 0.25) is 0 Å². The van der Waals surface area contributed by atoms with Crippen LogP contribution in [0.2, 0.25) is 0 Å². The second kappa shape index (κ2) is 4.89. The summed E-state index contributed by atoms with van der Waals surface area (Å²) in [4.78, 5) is 6.60. The van der Waals surface area contributed by atoms with Gasteiger partial charge in [0, 0.05) is 30.7 Å². The molecule has 4 heteroatoms. The number of rotatable bonds is 2. The van der Waals surface area contributed by atoms with Gasteiger partial charge in [-0.1, -0.05) is 18.2 Å². The Hall–Kier alpha value is -1.49. The average Bonchev–Trinajstić information content (AvgIpc) is 2.68. The van der Waals surface area contributed by atoms with Crippen molar-refractivity contribution in [2.75, 3.05) is 13.1 Å². The molecule has 2 atom stereocenters. The van der Waals surface area contributed by atoms with E-state index in [1.54, 1.807) is 0 Å². The molecule has 0 spiro atoms. The zero-order chi connectivity index (χ0) is 13.4. The first kappa shape index (κ1) is 12.5. The number of benzene rings is 1. The van der Waals surface area contributed by atoms with Crippen LogP contribution in [0.25, 0.3) is 10.9 Å². The molecule has 0 radical (unpaired) electrons. The molecular formula is C15H18N2O2. The van der Waals surface area contributed by atoms with E-state index in [9.17, 15) is 10.2 Å². The molecule has 1 aliphatic heterocycles. The fraction of sp³-hybridized carbons (Fsp3) is 0.400. The summed E-state index contributed by atoms with van der Waals surface area (Å²) in [6, 6.07) is 10.2. The van der Waals surface area contributed by atoms with E-state index in [1.165, 1.54) is 5.56 Å². The normalized spacial score (nSPS) is 24.2. The van der Waals surface area contributed by atoms with Crippen LogP contribution in [0.15, 0.2) is 30.3 Å². The van der Waals surface area contributed by atoms with Gasteiger partial charge < -0.3 is 10.2 Å². The van der Waals surface area contributed by atoms with E-state index in [2.05, 4.69) is 22.0 Å². The lowest BCUT2D eigenvalue weighted by molar-refractivity contribution is 0.0572. The highest BCUT2D eigenvalue weighted by atomic mass is 16.3. The molecule has 1 saturated heterocycles. The number of fused-ring (bicyclic) bond motifs is 1. The number of aliphatic hydroxyl groups excluding tert-OH is 2. The lowest BCUT2D eigenvalue weighted by atomic mass is 10.1. The summed E-state index contributed by atoms with van der Waals surface area (Å²) in [5, 5.41) is 20.4. The van der Waals surface area contributed by atoms with E-state index in [0.29, 0.717) is 13.1 Å². The van der Waals surface area contributed by atoms with Gasteiger partial charge in [-0.2, -0.15) is 0 Å². The quantitative estimate of drug-likeness (QED) is 0.846. The van der Waals surface area contributed by atoms with Gasteiger partial charge in [-0.05, 0) is 24.6 Å². The van der Waals surface area contributed by atoms with Crippen LogP contribution in [0.4, 0.5) is 0 Å². The van der Waals surface area contributed by atoms with Crippen molar-refractivity contribution in [2.24, 2.45) is 0 Å². The number of hydrogen-bond donors (Lipinski definition) is 2. The van der Waals surface area contributed by atoms with E-state index >= 15 is 0 Å². The molecule has 19 heavy (non-hydrogen) atoms. The Morgan fingerprint density at radius 2 is 1.89 bits per heavy atom. The molecule has 100 valence electrons. The van der Waals surface area contributed by atoms with Crippen molar-refractivity contribution in [3.8, 4) is 0 Å². The van der Waals surface area contributed by atoms with Crippen molar-refractivity contribution in [3.63, 3.8) is 0 Å². The van der Waals surface area contributed by atoms with E-state index in [4.69, 9.17) is 0 Å². The molecule has 0 amide bonds. The number of aryl methyl sites for hydroxylation is 1. The van der Waals surface area contributed by atoms with Gasteiger partial charge in [0.05, 0.1) is 17.7 Å². The standard InChI is InChI=1S/C15H18N2O2/c1-10-6-11(7-17-8-14(18)15(19)9-17)12-4-2-3-5-13(12)16-10/h2-6,14-15,18-19H,7-9H2,1H3/t14-,15-/m1/s1. The second-order valence-electron chi connectivity index (χ2n) is 5.27. The second-order valence-corrected chi connectivity index (χ2v) is 5.27. The molecule has 1 aromatic carbocycles. The summed E-state index contributed by atoms with van der Waals surface area (Å²) in [7, 11) is 0. The maximum atomic E-state index is 9.61. The van der Waals surface area contributed by atoms with Crippen LogP contribution in [0.1, 0.15) is 11.3 Å². The van der Waals surface area contributed by atoms with Crippen molar-refractivity contribution >= 4 is 10.9 Å². The third-order valence-corrected chi connectivity index (χ3v) is 3.66. The van der Waals surface area contributed by atoms with Gasteiger partial charge >= 0.3 is 0 Å². The number of likely N-dealkylation sites (tertiary alicyclic amines) is 1. The number of pyridine rings is 1. The minimum atomic E-state index is -0.630. The molecule has 3 rings (SSSR count). The first-order valence-electron chi connectivity index (χ1n) is 6.57. The lowest BCUT2D eigenvalue weighted by Crippen LogP contribution is -2.22. The lowest BCUT2D eigenvalue weighted by Gasteiger charge is -2.16. The van der Waals surface area contributed by atoms with Crippen LogP contribution in [0, 0.1) is 6.92 Å². The number of β-amino-alcohol motifs (C(OH)–C–C–N with tert-alkyl or cyclic N) is 2. The molecule has 4 nitrogen and oxygen atoms in total. The molecule has 2 N–H and O–H groups in total. The Kier molecular flexibility index (Phi) is 3.22. The molecule has 1 aromatic heterocycles. The van der Waals surface area contributed by atoms with E-state index in [0.717, 1.165) is 23.1 Å². The number of nitrogens with zero attached hydrogens (tertiary/aromatic N) is 2. The largest absolute Gasteiger partial charge is 0.389 e. The van der Waals surface area contributed by atoms with Crippen LogP contribution in [-0.2, 0) is 6.54 Å². The first-order valence-corrected chi connectivity index (χ1v) is 6.57. The average molecular weight is 258 g/mol. The van der Waals surface area contributed by atoms with Crippen molar-refractivity contribution in [2.45, 2.75) is 25.7 Å². The fourth-order valence-electron chi connectivity index (χ4n) is 2.74. The van der Waals surface area contributed by atoms with E-state index in [1.807, 2.05) is 25.1 Å². The Labute approximate surface area is 112 Å². The maximum absolute atomic E-state index is 9.61. The SMILES string of the molecule is Cc1cc(CN2C[C@@H](O)[C@H](O)C2)c2ccccc2n1. The summed E-state index contributed by atoms with van der Waals surface area (Å²) in [6.45, 7) is 3.77. The van der Waals surface area contributed by atoms with Gasteiger partial charge in [0.1, 0.15) is 0 Å². The molecule has 0 unspecified atom stereocenters. The Morgan fingerprint density at radius 3 is 2.63 bits per heavy atom. The van der Waals surface area contributed by atoms with Gasteiger partial charge in [-0.15, -0.1) is 0 Å². The predicted octanol–water partition coefficient (Wildman–Crippen LogP) is 1.08. The maximum Gasteiger partial charge on any atom is 0.0938 e. The summed E-state index contributed by atoms with van der Waals surface area (Å²) in [5.41, 5.74) is 3.19. The monoisotopic (exact) mass is 258 g/mol. The molecule has 2 heterocycles. The molecule has 2 aromatic rings. The van der Waals surface area contributed by atoms with Crippen LogP contribution in [-0.4, -0.2) is 45.4 Å². The van der Waals surface area contributed by atoms with Crippen LogP contribution in [0.3, 0.4) is 0 Å². The van der Waals surface area contributed by atoms with Crippen LogP contribution in [0.5, 0.6) is 0 Å².